The summed E-state index contributed by atoms with van der Waals surface area (Å²) in [5.74, 6) is 0. The van der Waals surface area contributed by atoms with Crippen LogP contribution in [0.25, 0.3) is 0 Å². The molecule has 1 aliphatic heterocycles. The van der Waals surface area contributed by atoms with Crippen LogP contribution in [0.15, 0.2) is 0 Å². The molecule has 1 aliphatic carbocycles. The van der Waals surface area contributed by atoms with Gasteiger partial charge >= 0.3 is 0 Å². The van der Waals surface area contributed by atoms with E-state index >= 15 is 0 Å². The van der Waals surface area contributed by atoms with Crippen molar-refractivity contribution >= 4 is 0 Å². The van der Waals surface area contributed by atoms with Gasteiger partial charge in [0.2, 0.25) is 0 Å². The molecule has 6 atom stereocenters. The largest absolute Gasteiger partial charge is 0.389 e. The first-order chi connectivity index (χ1) is 5.66. The molecule has 0 aromatic heterocycles. The molecule has 5 nitrogen and oxygen atoms in total. The molecule has 5 heteroatoms. The molecule has 1 heterocycles. The first-order valence-electron chi connectivity index (χ1n) is 4.00. The van der Waals surface area contributed by atoms with Crippen LogP contribution in [-0.4, -0.2) is 58.9 Å². The molecule has 2 fully saturated rings. The number of hydrogen-bond donors (Lipinski definition) is 4. The van der Waals surface area contributed by atoms with Crippen LogP contribution >= 0.6 is 0 Å². The van der Waals surface area contributed by atoms with E-state index in [2.05, 4.69) is 5.32 Å². The van der Waals surface area contributed by atoms with Crippen molar-refractivity contribution in [3.8, 4) is 0 Å². The van der Waals surface area contributed by atoms with Crippen molar-refractivity contribution in [2.24, 2.45) is 0 Å². The average Bonchev–Trinajstić information content (AvgIpc) is 2.81. The lowest BCUT2D eigenvalue weighted by Crippen LogP contribution is -2.54. The summed E-state index contributed by atoms with van der Waals surface area (Å²) in [5.41, 5.74) is 0. The third-order valence-electron chi connectivity index (χ3n) is 2.69. The lowest BCUT2D eigenvalue weighted by atomic mass is 9.90. The molecule has 0 aromatic rings. The van der Waals surface area contributed by atoms with Crippen LogP contribution in [0.2, 0.25) is 0 Å². The Kier molecular flexibility index (Phi) is 1.85. The maximum Gasteiger partial charge on any atom is 0.110 e. The zero-order valence-electron chi connectivity index (χ0n) is 6.71. The van der Waals surface area contributed by atoms with Crippen LogP contribution < -0.4 is 5.32 Å². The Morgan fingerprint density at radius 3 is 2.25 bits per heavy atom. The smallest absolute Gasteiger partial charge is 0.110 e. The van der Waals surface area contributed by atoms with E-state index in [0.717, 1.165) is 0 Å². The summed E-state index contributed by atoms with van der Waals surface area (Å²) < 4.78 is 4.99. The van der Waals surface area contributed by atoms with Gasteiger partial charge in [-0.25, -0.2) is 0 Å². The van der Waals surface area contributed by atoms with Gasteiger partial charge in [-0.15, -0.1) is 0 Å². The predicted octanol–water partition coefficient (Wildman–Crippen LogP) is -2.56. The first kappa shape index (κ1) is 8.40. The van der Waals surface area contributed by atoms with Gasteiger partial charge in [-0.05, 0) is 0 Å². The standard InChI is InChI=1S/C7H13NO4/c1-12-7-3-2(8-3)4(9)5(10)6(7)11/h2-11H,1H3/t2-,3+,4-,5+,6-,7-/m0/s1. The van der Waals surface area contributed by atoms with Crippen LogP contribution in [0.5, 0.6) is 0 Å². The fourth-order valence-electron chi connectivity index (χ4n) is 1.88. The number of ether oxygens (including phenoxy) is 1. The summed E-state index contributed by atoms with van der Waals surface area (Å²) in [5, 5.41) is 31.0. The van der Waals surface area contributed by atoms with Crippen molar-refractivity contribution < 1.29 is 20.1 Å². The summed E-state index contributed by atoms with van der Waals surface area (Å²) in [4.78, 5) is 0. The summed E-state index contributed by atoms with van der Waals surface area (Å²) in [6, 6.07) is -0.128. The second kappa shape index (κ2) is 2.65. The molecule has 0 unspecified atom stereocenters. The minimum atomic E-state index is -1.11. The molecule has 12 heavy (non-hydrogen) atoms. The fourth-order valence-corrected chi connectivity index (χ4v) is 1.88. The van der Waals surface area contributed by atoms with Crippen LogP contribution in [0.1, 0.15) is 0 Å². The van der Waals surface area contributed by atoms with E-state index in [9.17, 15) is 15.3 Å². The molecule has 0 bridgehead atoms. The Bertz CT molecular complexity index is 188. The van der Waals surface area contributed by atoms with E-state index in [-0.39, 0.29) is 12.1 Å². The molecule has 2 rings (SSSR count). The normalized spacial score (nSPS) is 58.0. The Morgan fingerprint density at radius 1 is 1.00 bits per heavy atom. The van der Waals surface area contributed by atoms with Gasteiger partial charge in [0, 0.05) is 7.11 Å². The molecule has 0 aromatic carbocycles. The molecule has 70 valence electrons. The van der Waals surface area contributed by atoms with E-state index in [0.29, 0.717) is 0 Å². The van der Waals surface area contributed by atoms with Gasteiger partial charge in [0.1, 0.15) is 18.3 Å². The third kappa shape index (κ3) is 0.982. The molecule has 4 N–H and O–H groups in total. The lowest BCUT2D eigenvalue weighted by molar-refractivity contribution is -0.131. The van der Waals surface area contributed by atoms with E-state index in [1.165, 1.54) is 7.11 Å². The van der Waals surface area contributed by atoms with Crippen molar-refractivity contribution in [1.29, 1.82) is 0 Å². The zero-order chi connectivity index (χ0) is 8.88. The molecule has 2 aliphatic rings. The fraction of sp³-hybridized carbons (Fsp3) is 1.00. The van der Waals surface area contributed by atoms with Crippen LogP contribution in [0.4, 0.5) is 0 Å². The second-order valence-electron chi connectivity index (χ2n) is 3.39. The molecule has 0 radical (unpaired) electrons. The highest BCUT2D eigenvalue weighted by molar-refractivity contribution is 5.16. The van der Waals surface area contributed by atoms with Gasteiger partial charge in [-0.3, -0.25) is 0 Å². The average molecular weight is 175 g/mol. The highest BCUT2D eigenvalue weighted by Crippen LogP contribution is 2.31. The maximum absolute atomic E-state index is 9.43. The van der Waals surface area contributed by atoms with Crippen molar-refractivity contribution in [2.75, 3.05) is 7.11 Å². The van der Waals surface area contributed by atoms with Gasteiger partial charge in [0.15, 0.2) is 0 Å². The van der Waals surface area contributed by atoms with Crippen LogP contribution in [0, 0.1) is 0 Å². The number of aliphatic hydroxyl groups is 3. The first-order valence-corrected chi connectivity index (χ1v) is 4.00. The van der Waals surface area contributed by atoms with Crippen LogP contribution in [-0.2, 0) is 4.74 Å². The summed E-state index contributed by atoms with van der Waals surface area (Å²) >= 11 is 0. The lowest BCUT2D eigenvalue weighted by Gasteiger charge is -2.32. The number of nitrogens with one attached hydrogen (secondary N) is 1. The topological polar surface area (TPSA) is 91.9 Å². The number of methoxy groups -OCH3 is 1. The molecule has 1 saturated carbocycles. The van der Waals surface area contributed by atoms with Gasteiger partial charge in [0.25, 0.3) is 0 Å². The van der Waals surface area contributed by atoms with E-state index in [4.69, 9.17) is 4.74 Å². The van der Waals surface area contributed by atoms with Gasteiger partial charge in [-0.1, -0.05) is 0 Å². The summed E-state index contributed by atoms with van der Waals surface area (Å²) in [7, 11) is 1.48. The monoisotopic (exact) mass is 175 g/mol. The molecular weight excluding hydrogens is 162 g/mol. The van der Waals surface area contributed by atoms with Gasteiger partial charge < -0.3 is 25.4 Å². The predicted molar refractivity (Wildman–Crippen MR) is 39.5 cm³/mol. The number of rotatable bonds is 1. The van der Waals surface area contributed by atoms with E-state index in [1.807, 2.05) is 0 Å². The van der Waals surface area contributed by atoms with E-state index < -0.39 is 24.4 Å². The summed E-state index contributed by atoms with van der Waals surface area (Å²) in [6.45, 7) is 0. The van der Waals surface area contributed by atoms with Gasteiger partial charge in [-0.2, -0.15) is 0 Å². The highest BCUT2D eigenvalue weighted by atomic mass is 16.5. The minimum Gasteiger partial charge on any atom is -0.389 e. The highest BCUT2D eigenvalue weighted by Gasteiger charge is 2.58. The molecule has 1 saturated heterocycles. The third-order valence-corrected chi connectivity index (χ3v) is 2.69. The van der Waals surface area contributed by atoms with Crippen molar-refractivity contribution in [3.63, 3.8) is 0 Å². The number of fused-ring (bicyclic) bond motifs is 1. The van der Waals surface area contributed by atoms with Crippen molar-refractivity contribution in [3.05, 3.63) is 0 Å². The second-order valence-corrected chi connectivity index (χ2v) is 3.39. The Balaban J connectivity index is 2.11. The maximum atomic E-state index is 9.43. The van der Waals surface area contributed by atoms with Crippen molar-refractivity contribution in [1.82, 2.24) is 5.32 Å². The Labute approximate surface area is 70.0 Å². The molecule has 0 spiro atoms. The van der Waals surface area contributed by atoms with E-state index in [1.54, 1.807) is 0 Å². The SMILES string of the molecule is CO[C@@H]1[C@@H](O)[C@H](O)[C@@H](O)[C@H]2N[C@H]21. The Morgan fingerprint density at radius 2 is 1.67 bits per heavy atom. The van der Waals surface area contributed by atoms with Crippen molar-refractivity contribution in [2.45, 2.75) is 36.5 Å². The summed E-state index contributed by atoms with van der Waals surface area (Å²) in [6.07, 6.45) is -3.39. The molecular formula is C7H13NO4. The van der Waals surface area contributed by atoms with Crippen LogP contribution in [0.3, 0.4) is 0 Å². The molecule has 0 amide bonds. The number of aliphatic hydroxyl groups excluding tert-OH is 3. The quantitative estimate of drug-likeness (QED) is 0.329. The Hall–Kier alpha value is -0.200. The number of hydrogen-bond acceptors (Lipinski definition) is 5. The minimum absolute atomic E-state index is 0.0107. The van der Waals surface area contributed by atoms with Gasteiger partial charge in [0.05, 0.1) is 18.2 Å². The zero-order valence-corrected chi connectivity index (χ0v) is 6.71.